The monoisotopic (exact) mass is 147 g/mol. The summed E-state index contributed by atoms with van der Waals surface area (Å²) in [5, 5.41) is 0. The van der Waals surface area contributed by atoms with E-state index in [0.29, 0.717) is 0 Å². The highest BCUT2D eigenvalue weighted by Gasteiger charge is 1.94. The van der Waals surface area contributed by atoms with Crippen molar-refractivity contribution in [3.8, 4) is 0 Å². The maximum Gasteiger partial charge on any atom is 0.00720 e. The van der Waals surface area contributed by atoms with Crippen molar-refractivity contribution in [2.75, 3.05) is 31.6 Å². The number of hydrogen-bond acceptors (Lipinski definition) is 2. The molecule has 0 aromatic carbocycles. The molecule has 0 aliphatic rings. The number of thioether (sulfide) groups is 1. The molecule has 0 aromatic heterocycles. The molecule has 0 heterocycles. The SMILES string of the molecule is CCN(CC)CCSC. The molecule has 0 fully saturated rings. The lowest BCUT2D eigenvalue weighted by atomic mass is 10.5. The van der Waals surface area contributed by atoms with E-state index in [1.54, 1.807) is 0 Å². The number of hydrogen-bond donors (Lipinski definition) is 0. The average Bonchev–Trinajstić information content (AvgIpc) is 1.91. The summed E-state index contributed by atoms with van der Waals surface area (Å²) in [5.41, 5.74) is 0. The average molecular weight is 147 g/mol. The van der Waals surface area contributed by atoms with Gasteiger partial charge in [-0.25, -0.2) is 0 Å². The van der Waals surface area contributed by atoms with E-state index in [-0.39, 0.29) is 0 Å². The summed E-state index contributed by atoms with van der Waals surface area (Å²) < 4.78 is 0. The van der Waals surface area contributed by atoms with Crippen molar-refractivity contribution in [3.63, 3.8) is 0 Å². The van der Waals surface area contributed by atoms with Crippen LogP contribution in [0.4, 0.5) is 0 Å². The van der Waals surface area contributed by atoms with Gasteiger partial charge in [0.2, 0.25) is 0 Å². The third-order valence-electron chi connectivity index (χ3n) is 1.51. The van der Waals surface area contributed by atoms with Gasteiger partial charge < -0.3 is 4.90 Å². The molecule has 0 rings (SSSR count). The van der Waals surface area contributed by atoms with Crippen LogP contribution in [0.3, 0.4) is 0 Å². The minimum atomic E-state index is 1.19. The molecule has 0 spiro atoms. The minimum absolute atomic E-state index is 1.19. The van der Waals surface area contributed by atoms with Crippen LogP contribution in [0.15, 0.2) is 0 Å². The molecule has 1 nitrogen and oxygen atoms in total. The maximum absolute atomic E-state index is 2.44. The smallest absolute Gasteiger partial charge is 0.00720 e. The Balaban J connectivity index is 3.09. The van der Waals surface area contributed by atoms with Crippen molar-refractivity contribution in [1.29, 1.82) is 0 Å². The fourth-order valence-electron chi connectivity index (χ4n) is 0.760. The summed E-state index contributed by atoms with van der Waals surface area (Å²) in [4.78, 5) is 2.44. The zero-order valence-corrected chi connectivity index (χ0v) is 7.50. The largest absolute Gasteiger partial charge is 0.303 e. The molecule has 0 N–H and O–H groups in total. The molecule has 0 bridgehead atoms. The second kappa shape index (κ2) is 6.43. The van der Waals surface area contributed by atoms with E-state index < -0.39 is 0 Å². The Labute approximate surface area is 62.8 Å². The summed E-state index contributed by atoms with van der Waals surface area (Å²) in [5.74, 6) is 1.27. The van der Waals surface area contributed by atoms with Crippen LogP contribution >= 0.6 is 11.8 Å². The van der Waals surface area contributed by atoms with Crippen LogP contribution < -0.4 is 0 Å². The first-order valence-corrected chi connectivity index (χ1v) is 4.95. The summed E-state index contributed by atoms with van der Waals surface area (Å²) in [6, 6.07) is 0. The Kier molecular flexibility index (Phi) is 6.65. The molecule has 9 heavy (non-hydrogen) atoms. The quantitative estimate of drug-likeness (QED) is 0.582. The third kappa shape index (κ3) is 4.79. The molecule has 56 valence electrons. The lowest BCUT2D eigenvalue weighted by Gasteiger charge is -2.16. The highest BCUT2D eigenvalue weighted by atomic mass is 32.2. The Morgan fingerprint density at radius 2 is 1.78 bits per heavy atom. The molecule has 0 radical (unpaired) electrons. The summed E-state index contributed by atoms with van der Waals surface area (Å²) >= 11 is 1.92. The van der Waals surface area contributed by atoms with Gasteiger partial charge in [-0.05, 0) is 19.3 Å². The molecule has 2 heteroatoms. The van der Waals surface area contributed by atoms with E-state index >= 15 is 0 Å². The second-order valence-electron chi connectivity index (χ2n) is 2.02. The van der Waals surface area contributed by atoms with E-state index in [9.17, 15) is 0 Å². The van der Waals surface area contributed by atoms with Crippen molar-refractivity contribution in [2.45, 2.75) is 13.8 Å². The van der Waals surface area contributed by atoms with Crippen LogP contribution in [0.5, 0.6) is 0 Å². The van der Waals surface area contributed by atoms with Gasteiger partial charge >= 0.3 is 0 Å². The Morgan fingerprint density at radius 3 is 2.11 bits per heavy atom. The fraction of sp³-hybridized carbons (Fsp3) is 1.00. The first kappa shape index (κ1) is 9.31. The van der Waals surface area contributed by atoms with Gasteiger partial charge in [0.15, 0.2) is 0 Å². The zero-order valence-electron chi connectivity index (χ0n) is 6.68. The van der Waals surface area contributed by atoms with Gasteiger partial charge in [-0.15, -0.1) is 0 Å². The molecular formula is C7H17NS. The fourth-order valence-corrected chi connectivity index (χ4v) is 1.20. The highest BCUT2D eigenvalue weighted by molar-refractivity contribution is 7.98. The molecule has 0 unspecified atom stereocenters. The van der Waals surface area contributed by atoms with Crippen molar-refractivity contribution >= 4 is 11.8 Å². The van der Waals surface area contributed by atoms with Crippen LogP contribution in [0, 0.1) is 0 Å². The van der Waals surface area contributed by atoms with Gasteiger partial charge in [0.25, 0.3) is 0 Å². The van der Waals surface area contributed by atoms with Crippen molar-refractivity contribution in [3.05, 3.63) is 0 Å². The van der Waals surface area contributed by atoms with Gasteiger partial charge in [0.05, 0.1) is 0 Å². The minimum Gasteiger partial charge on any atom is -0.303 e. The van der Waals surface area contributed by atoms with Crippen LogP contribution in [0.1, 0.15) is 13.8 Å². The first-order valence-electron chi connectivity index (χ1n) is 3.56. The summed E-state index contributed by atoms with van der Waals surface area (Å²) in [7, 11) is 0. The predicted octanol–water partition coefficient (Wildman–Crippen LogP) is 1.69. The van der Waals surface area contributed by atoms with Crippen molar-refractivity contribution in [1.82, 2.24) is 4.90 Å². The molecule has 0 saturated heterocycles. The normalized spacial score (nSPS) is 10.7. The first-order chi connectivity index (χ1) is 4.35. The van der Waals surface area contributed by atoms with Gasteiger partial charge in [-0.3, -0.25) is 0 Å². The Hall–Kier alpha value is 0.310. The summed E-state index contributed by atoms with van der Waals surface area (Å²) in [6.07, 6.45) is 2.16. The van der Waals surface area contributed by atoms with Crippen molar-refractivity contribution < 1.29 is 0 Å². The number of nitrogens with zero attached hydrogens (tertiary/aromatic N) is 1. The maximum atomic E-state index is 2.44. The molecule has 0 aromatic rings. The van der Waals surface area contributed by atoms with Crippen LogP contribution in [0.25, 0.3) is 0 Å². The second-order valence-corrected chi connectivity index (χ2v) is 3.01. The van der Waals surface area contributed by atoms with E-state index in [0.717, 1.165) is 0 Å². The molecule has 0 atom stereocenters. The number of rotatable bonds is 5. The Bertz CT molecular complexity index is 52.9. The van der Waals surface area contributed by atoms with Gasteiger partial charge in [0, 0.05) is 12.3 Å². The van der Waals surface area contributed by atoms with Crippen molar-refractivity contribution in [2.24, 2.45) is 0 Å². The van der Waals surface area contributed by atoms with Crippen LogP contribution in [-0.4, -0.2) is 36.5 Å². The van der Waals surface area contributed by atoms with Gasteiger partial charge in [-0.1, -0.05) is 13.8 Å². The van der Waals surface area contributed by atoms with Gasteiger partial charge in [0.1, 0.15) is 0 Å². The Morgan fingerprint density at radius 1 is 1.22 bits per heavy atom. The van der Waals surface area contributed by atoms with Gasteiger partial charge in [-0.2, -0.15) is 11.8 Å². The summed E-state index contributed by atoms with van der Waals surface area (Å²) in [6.45, 7) is 8.05. The molecule has 0 saturated carbocycles. The van der Waals surface area contributed by atoms with Crippen LogP contribution in [0.2, 0.25) is 0 Å². The zero-order chi connectivity index (χ0) is 7.11. The third-order valence-corrected chi connectivity index (χ3v) is 2.10. The van der Waals surface area contributed by atoms with E-state index in [2.05, 4.69) is 25.0 Å². The van der Waals surface area contributed by atoms with E-state index in [1.807, 2.05) is 11.8 Å². The molecule has 0 aliphatic heterocycles. The predicted molar refractivity (Wildman–Crippen MR) is 46.2 cm³/mol. The van der Waals surface area contributed by atoms with Crippen LogP contribution in [-0.2, 0) is 0 Å². The van der Waals surface area contributed by atoms with E-state index in [4.69, 9.17) is 0 Å². The highest BCUT2D eigenvalue weighted by Crippen LogP contribution is 1.93. The lowest BCUT2D eigenvalue weighted by molar-refractivity contribution is 0.324. The molecular weight excluding hydrogens is 130 g/mol. The standard InChI is InChI=1S/C7H17NS/c1-4-8(5-2)6-7-9-3/h4-7H2,1-3H3. The molecule has 0 aliphatic carbocycles. The topological polar surface area (TPSA) is 3.24 Å². The van der Waals surface area contributed by atoms with E-state index in [1.165, 1.54) is 25.4 Å². The lowest BCUT2D eigenvalue weighted by Crippen LogP contribution is -2.25. The molecule has 0 amide bonds.